The maximum atomic E-state index is 12.0. The number of hydrogen-bond acceptors (Lipinski definition) is 3. The standard InChI is InChI=1S/C15H22N2O2/c1-2-19-9-5-8-16-15(18)14-10-12-6-3-4-7-13(12)11-17-14/h3-4,6-7,14,17H,2,5,8-11H2,1H3,(H,16,18). The van der Waals surface area contributed by atoms with Crippen LogP contribution >= 0.6 is 0 Å². The number of amides is 1. The van der Waals surface area contributed by atoms with E-state index in [0.717, 1.165) is 26.0 Å². The Morgan fingerprint density at radius 1 is 1.42 bits per heavy atom. The summed E-state index contributed by atoms with van der Waals surface area (Å²) in [6.45, 7) is 4.86. The molecule has 1 aliphatic rings. The maximum Gasteiger partial charge on any atom is 0.237 e. The Labute approximate surface area is 114 Å². The zero-order chi connectivity index (χ0) is 13.5. The molecule has 19 heavy (non-hydrogen) atoms. The second-order valence-corrected chi connectivity index (χ2v) is 4.75. The number of rotatable bonds is 6. The Bertz CT molecular complexity index is 420. The van der Waals surface area contributed by atoms with E-state index in [1.54, 1.807) is 0 Å². The predicted octanol–water partition coefficient (Wildman–Crippen LogP) is 1.24. The van der Waals surface area contributed by atoms with Crippen LogP contribution in [0.3, 0.4) is 0 Å². The summed E-state index contributed by atoms with van der Waals surface area (Å²) < 4.78 is 5.24. The lowest BCUT2D eigenvalue weighted by atomic mass is 9.95. The summed E-state index contributed by atoms with van der Waals surface area (Å²) >= 11 is 0. The number of hydrogen-bond donors (Lipinski definition) is 2. The van der Waals surface area contributed by atoms with E-state index >= 15 is 0 Å². The lowest BCUT2D eigenvalue weighted by molar-refractivity contribution is -0.123. The Hall–Kier alpha value is -1.39. The smallest absolute Gasteiger partial charge is 0.237 e. The van der Waals surface area contributed by atoms with E-state index in [0.29, 0.717) is 13.2 Å². The molecule has 1 atom stereocenters. The number of carbonyl (C=O) groups is 1. The molecule has 2 N–H and O–H groups in total. The summed E-state index contributed by atoms with van der Waals surface area (Å²) in [6.07, 6.45) is 1.64. The van der Waals surface area contributed by atoms with Gasteiger partial charge in [-0.1, -0.05) is 24.3 Å². The minimum atomic E-state index is -0.109. The van der Waals surface area contributed by atoms with Crippen LogP contribution in [0, 0.1) is 0 Å². The molecule has 0 radical (unpaired) electrons. The molecule has 0 saturated heterocycles. The highest BCUT2D eigenvalue weighted by Gasteiger charge is 2.23. The molecule has 1 heterocycles. The first-order valence-electron chi connectivity index (χ1n) is 6.97. The molecular formula is C15H22N2O2. The molecule has 0 aliphatic carbocycles. The van der Waals surface area contributed by atoms with Gasteiger partial charge in [-0.05, 0) is 30.9 Å². The van der Waals surface area contributed by atoms with Crippen molar-refractivity contribution in [3.63, 3.8) is 0 Å². The third-order valence-electron chi connectivity index (χ3n) is 3.37. The number of benzene rings is 1. The number of nitrogens with one attached hydrogen (secondary N) is 2. The second-order valence-electron chi connectivity index (χ2n) is 4.75. The van der Waals surface area contributed by atoms with Crippen molar-refractivity contribution < 1.29 is 9.53 Å². The third-order valence-corrected chi connectivity index (χ3v) is 3.37. The highest BCUT2D eigenvalue weighted by atomic mass is 16.5. The first kappa shape index (κ1) is 14.0. The van der Waals surface area contributed by atoms with E-state index < -0.39 is 0 Å². The first-order valence-corrected chi connectivity index (χ1v) is 6.97. The van der Waals surface area contributed by atoms with Crippen LogP contribution in [-0.2, 0) is 22.5 Å². The monoisotopic (exact) mass is 262 g/mol. The lowest BCUT2D eigenvalue weighted by Gasteiger charge is -2.25. The van der Waals surface area contributed by atoms with Gasteiger partial charge in [0, 0.05) is 26.3 Å². The van der Waals surface area contributed by atoms with Gasteiger partial charge in [0.2, 0.25) is 5.91 Å². The molecule has 0 saturated carbocycles. The van der Waals surface area contributed by atoms with Gasteiger partial charge in [0.15, 0.2) is 0 Å². The first-order chi connectivity index (χ1) is 9.31. The fourth-order valence-electron chi connectivity index (χ4n) is 2.29. The quantitative estimate of drug-likeness (QED) is 0.759. The van der Waals surface area contributed by atoms with Gasteiger partial charge in [-0.15, -0.1) is 0 Å². The van der Waals surface area contributed by atoms with E-state index in [1.807, 2.05) is 19.1 Å². The molecule has 0 bridgehead atoms. The Morgan fingerprint density at radius 2 is 2.21 bits per heavy atom. The van der Waals surface area contributed by atoms with E-state index in [-0.39, 0.29) is 11.9 Å². The van der Waals surface area contributed by atoms with Gasteiger partial charge < -0.3 is 15.4 Å². The van der Waals surface area contributed by atoms with Gasteiger partial charge in [-0.25, -0.2) is 0 Å². The van der Waals surface area contributed by atoms with E-state index in [2.05, 4.69) is 22.8 Å². The van der Waals surface area contributed by atoms with Crippen LogP contribution in [0.4, 0.5) is 0 Å². The minimum absolute atomic E-state index is 0.0889. The normalized spacial score (nSPS) is 17.8. The molecular weight excluding hydrogens is 240 g/mol. The maximum absolute atomic E-state index is 12.0. The van der Waals surface area contributed by atoms with Crippen molar-refractivity contribution >= 4 is 5.91 Å². The van der Waals surface area contributed by atoms with Crippen LogP contribution in [0.2, 0.25) is 0 Å². The van der Waals surface area contributed by atoms with Crippen LogP contribution in [0.5, 0.6) is 0 Å². The van der Waals surface area contributed by atoms with Gasteiger partial charge in [-0.2, -0.15) is 0 Å². The van der Waals surface area contributed by atoms with Crippen LogP contribution in [-0.4, -0.2) is 31.7 Å². The Kier molecular flexibility index (Phi) is 5.36. The van der Waals surface area contributed by atoms with Crippen molar-refractivity contribution in [2.24, 2.45) is 0 Å². The average molecular weight is 262 g/mol. The zero-order valence-corrected chi connectivity index (χ0v) is 11.4. The summed E-state index contributed by atoms with van der Waals surface area (Å²) in [6, 6.07) is 8.17. The van der Waals surface area contributed by atoms with Crippen LogP contribution in [0.25, 0.3) is 0 Å². The van der Waals surface area contributed by atoms with Crippen molar-refractivity contribution in [1.29, 1.82) is 0 Å². The fraction of sp³-hybridized carbons (Fsp3) is 0.533. The number of ether oxygens (including phenoxy) is 1. The SMILES string of the molecule is CCOCCCNC(=O)C1Cc2ccccc2CN1. The third kappa shape index (κ3) is 4.04. The molecule has 1 unspecified atom stereocenters. The molecule has 4 heteroatoms. The number of carbonyl (C=O) groups excluding carboxylic acids is 1. The number of fused-ring (bicyclic) bond motifs is 1. The van der Waals surface area contributed by atoms with E-state index in [4.69, 9.17) is 4.74 Å². The summed E-state index contributed by atoms with van der Waals surface area (Å²) in [7, 11) is 0. The second kappa shape index (κ2) is 7.26. The van der Waals surface area contributed by atoms with Crippen molar-refractivity contribution in [2.45, 2.75) is 32.4 Å². The molecule has 1 amide bonds. The Morgan fingerprint density at radius 3 is 3.00 bits per heavy atom. The molecule has 1 aliphatic heterocycles. The summed E-state index contributed by atoms with van der Waals surface area (Å²) in [5, 5.41) is 6.24. The molecule has 1 aromatic rings. The molecule has 0 aromatic heterocycles. The van der Waals surface area contributed by atoms with Gasteiger partial charge in [0.05, 0.1) is 6.04 Å². The predicted molar refractivity (Wildman–Crippen MR) is 74.9 cm³/mol. The highest BCUT2D eigenvalue weighted by Crippen LogP contribution is 2.16. The molecule has 0 spiro atoms. The van der Waals surface area contributed by atoms with Gasteiger partial charge in [0.25, 0.3) is 0 Å². The van der Waals surface area contributed by atoms with Crippen LogP contribution in [0.1, 0.15) is 24.5 Å². The average Bonchev–Trinajstić information content (AvgIpc) is 2.46. The Balaban J connectivity index is 1.76. The fourth-order valence-corrected chi connectivity index (χ4v) is 2.29. The molecule has 0 fully saturated rings. The molecule has 104 valence electrons. The summed E-state index contributed by atoms with van der Waals surface area (Å²) in [5.41, 5.74) is 2.57. The highest BCUT2D eigenvalue weighted by molar-refractivity contribution is 5.82. The van der Waals surface area contributed by atoms with E-state index in [1.165, 1.54) is 11.1 Å². The van der Waals surface area contributed by atoms with Crippen LogP contribution < -0.4 is 10.6 Å². The largest absolute Gasteiger partial charge is 0.382 e. The van der Waals surface area contributed by atoms with Crippen LogP contribution in [0.15, 0.2) is 24.3 Å². The van der Waals surface area contributed by atoms with Gasteiger partial charge >= 0.3 is 0 Å². The lowest BCUT2D eigenvalue weighted by Crippen LogP contribution is -2.47. The summed E-state index contributed by atoms with van der Waals surface area (Å²) in [5.74, 6) is 0.0889. The van der Waals surface area contributed by atoms with Crippen molar-refractivity contribution in [2.75, 3.05) is 19.8 Å². The van der Waals surface area contributed by atoms with Crippen molar-refractivity contribution in [1.82, 2.24) is 10.6 Å². The minimum Gasteiger partial charge on any atom is -0.382 e. The van der Waals surface area contributed by atoms with Crippen molar-refractivity contribution in [3.05, 3.63) is 35.4 Å². The topological polar surface area (TPSA) is 50.4 Å². The van der Waals surface area contributed by atoms with Crippen molar-refractivity contribution in [3.8, 4) is 0 Å². The summed E-state index contributed by atoms with van der Waals surface area (Å²) in [4.78, 5) is 12.0. The molecule has 1 aromatic carbocycles. The van der Waals surface area contributed by atoms with Gasteiger partial charge in [0.1, 0.15) is 0 Å². The van der Waals surface area contributed by atoms with Gasteiger partial charge in [-0.3, -0.25) is 4.79 Å². The van der Waals surface area contributed by atoms with E-state index in [9.17, 15) is 4.79 Å². The zero-order valence-electron chi connectivity index (χ0n) is 11.4. The molecule has 2 rings (SSSR count). The molecule has 4 nitrogen and oxygen atoms in total.